The van der Waals surface area contributed by atoms with Gasteiger partial charge in [-0.3, -0.25) is 4.79 Å². The van der Waals surface area contributed by atoms with E-state index in [0.29, 0.717) is 13.0 Å². The Kier molecular flexibility index (Phi) is 6.21. The molecule has 0 radical (unpaired) electrons. The molecule has 3 nitrogen and oxygen atoms in total. The molecule has 3 heteroatoms. The van der Waals surface area contributed by atoms with Crippen molar-refractivity contribution in [2.24, 2.45) is 0 Å². The number of hydrogen-bond donors (Lipinski definition) is 0. The molecule has 122 valence electrons. The topological polar surface area (TPSA) is 23.6 Å². The molecule has 0 heterocycles. The number of amides is 1. The van der Waals surface area contributed by atoms with Crippen molar-refractivity contribution in [3.63, 3.8) is 0 Å². The van der Waals surface area contributed by atoms with Crippen LogP contribution >= 0.6 is 0 Å². The Balaban J connectivity index is 2.02. The number of nitrogens with zero attached hydrogens (tertiary/aromatic N) is 2. The maximum absolute atomic E-state index is 12.6. The Hall–Kier alpha value is -2.29. The molecule has 0 aliphatic rings. The van der Waals surface area contributed by atoms with Crippen LogP contribution in [0.2, 0.25) is 0 Å². The molecule has 0 fully saturated rings. The zero-order chi connectivity index (χ0) is 16.7. The molecule has 0 aliphatic heterocycles. The third kappa shape index (κ3) is 4.59. The van der Waals surface area contributed by atoms with Gasteiger partial charge >= 0.3 is 0 Å². The van der Waals surface area contributed by atoms with Crippen LogP contribution in [0.5, 0.6) is 0 Å². The van der Waals surface area contributed by atoms with Gasteiger partial charge in [0.2, 0.25) is 5.91 Å². The molecule has 0 unspecified atom stereocenters. The lowest BCUT2D eigenvalue weighted by Gasteiger charge is -2.26. The van der Waals surface area contributed by atoms with Gasteiger partial charge in [0, 0.05) is 37.4 Å². The summed E-state index contributed by atoms with van der Waals surface area (Å²) in [4.78, 5) is 16.7. The maximum atomic E-state index is 12.6. The maximum Gasteiger partial charge on any atom is 0.228 e. The van der Waals surface area contributed by atoms with Gasteiger partial charge in [0.05, 0.1) is 0 Å². The number of para-hydroxylation sites is 1. The third-order valence-corrected chi connectivity index (χ3v) is 4.03. The Morgan fingerprint density at radius 2 is 1.61 bits per heavy atom. The van der Waals surface area contributed by atoms with E-state index in [1.54, 1.807) is 0 Å². The fourth-order valence-electron chi connectivity index (χ4n) is 2.77. The van der Waals surface area contributed by atoms with Gasteiger partial charge in [-0.2, -0.15) is 0 Å². The van der Waals surface area contributed by atoms with E-state index in [9.17, 15) is 4.79 Å². The zero-order valence-corrected chi connectivity index (χ0v) is 14.3. The van der Waals surface area contributed by atoms with Crippen LogP contribution in [-0.2, 0) is 4.79 Å². The number of rotatable bonds is 7. The summed E-state index contributed by atoms with van der Waals surface area (Å²) in [5.41, 5.74) is 3.33. The summed E-state index contributed by atoms with van der Waals surface area (Å²) in [6.07, 6.45) is 0.518. The number of aryl methyl sites for hydroxylation is 1. The smallest absolute Gasteiger partial charge is 0.228 e. The standard InChI is InChI=1S/C20H26N2O/c1-4-21(18-11-7-6-8-12-18)15-14-20(23)22(5-2)19-13-9-10-17(3)16-19/h6-13,16H,4-5,14-15H2,1-3H3. The number of hydrogen-bond acceptors (Lipinski definition) is 2. The normalized spacial score (nSPS) is 10.4. The van der Waals surface area contributed by atoms with Crippen LogP contribution in [0.25, 0.3) is 0 Å². The van der Waals surface area contributed by atoms with Crippen molar-refractivity contribution in [2.45, 2.75) is 27.2 Å². The van der Waals surface area contributed by atoms with E-state index in [2.05, 4.69) is 43.0 Å². The summed E-state index contributed by atoms with van der Waals surface area (Å²) in [5.74, 6) is 0.174. The van der Waals surface area contributed by atoms with Crippen LogP contribution in [-0.4, -0.2) is 25.5 Å². The van der Waals surface area contributed by atoms with Crippen molar-refractivity contribution >= 4 is 17.3 Å². The van der Waals surface area contributed by atoms with E-state index in [1.165, 1.54) is 11.3 Å². The Bertz CT molecular complexity index is 625. The highest BCUT2D eigenvalue weighted by molar-refractivity contribution is 5.93. The van der Waals surface area contributed by atoms with E-state index >= 15 is 0 Å². The zero-order valence-electron chi connectivity index (χ0n) is 14.3. The van der Waals surface area contributed by atoms with E-state index in [1.807, 2.05) is 42.2 Å². The molecule has 2 aromatic carbocycles. The van der Waals surface area contributed by atoms with Crippen molar-refractivity contribution in [1.29, 1.82) is 0 Å². The third-order valence-electron chi connectivity index (χ3n) is 4.03. The molecular weight excluding hydrogens is 284 g/mol. The lowest BCUT2D eigenvalue weighted by atomic mass is 10.2. The first-order valence-corrected chi connectivity index (χ1v) is 8.32. The van der Waals surface area contributed by atoms with Crippen molar-refractivity contribution in [1.82, 2.24) is 0 Å². The minimum absolute atomic E-state index is 0.174. The molecule has 0 aromatic heterocycles. The minimum atomic E-state index is 0.174. The Labute approximate surface area is 139 Å². The SMILES string of the molecule is CCN(CCC(=O)N(CC)c1cccc(C)c1)c1ccccc1. The van der Waals surface area contributed by atoms with Gasteiger partial charge in [-0.15, -0.1) is 0 Å². The van der Waals surface area contributed by atoms with Crippen molar-refractivity contribution < 1.29 is 4.79 Å². The fraction of sp³-hybridized carbons (Fsp3) is 0.350. The first-order valence-electron chi connectivity index (χ1n) is 8.32. The number of carbonyl (C=O) groups is 1. The summed E-state index contributed by atoms with van der Waals surface area (Å²) in [6, 6.07) is 18.4. The molecule has 0 atom stereocenters. The Morgan fingerprint density at radius 1 is 0.913 bits per heavy atom. The average molecular weight is 310 g/mol. The van der Waals surface area contributed by atoms with Gasteiger partial charge in [-0.05, 0) is 50.6 Å². The average Bonchev–Trinajstić information content (AvgIpc) is 2.57. The van der Waals surface area contributed by atoms with Crippen molar-refractivity contribution in [2.75, 3.05) is 29.4 Å². The lowest BCUT2D eigenvalue weighted by Crippen LogP contribution is -2.34. The van der Waals surface area contributed by atoms with E-state index in [-0.39, 0.29) is 5.91 Å². The summed E-state index contributed by atoms with van der Waals surface area (Å²) in [7, 11) is 0. The number of anilines is 2. The first kappa shape index (κ1) is 17.1. The van der Waals surface area contributed by atoms with Crippen molar-refractivity contribution in [3.8, 4) is 0 Å². The van der Waals surface area contributed by atoms with Gasteiger partial charge in [0.25, 0.3) is 0 Å². The van der Waals surface area contributed by atoms with Crippen LogP contribution < -0.4 is 9.80 Å². The fourth-order valence-corrected chi connectivity index (χ4v) is 2.77. The molecule has 2 rings (SSSR count). The van der Waals surface area contributed by atoms with Crippen LogP contribution in [0.1, 0.15) is 25.8 Å². The molecule has 2 aromatic rings. The summed E-state index contributed by atoms with van der Waals surface area (Å²) in [6.45, 7) is 8.52. The van der Waals surface area contributed by atoms with Crippen molar-refractivity contribution in [3.05, 3.63) is 60.2 Å². The minimum Gasteiger partial charge on any atom is -0.371 e. The summed E-state index contributed by atoms with van der Waals surface area (Å²) >= 11 is 0. The van der Waals surface area contributed by atoms with Gasteiger partial charge < -0.3 is 9.80 Å². The molecule has 0 spiro atoms. The van der Waals surface area contributed by atoms with Crippen LogP contribution in [0.4, 0.5) is 11.4 Å². The van der Waals surface area contributed by atoms with E-state index in [0.717, 1.165) is 18.8 Å². The first-order chi connectivity index (χ1) is 11.2. The highest BCUT2D eigenvalue weighted by atomic mass is 16.2. The summed E-state index contributed by atoms with van der Waals surface area (Å²) in [5, 5.41) is 0. The highest BCUT2D eigenvalue weighted by Gasteiger charge is 2.15. The molecule has 0 aliphatic carbocycles. The van der Waals surface area contributed by atoms with E-state index in [4.69, 9.17) is 0 Å². The second-order valence-corrected chi connectivity index (χ2v) is 5.64. The number of carbonyl (C=O) groups excluding carboxylic acids is 1. The van der Waals surface area contributed by atoms with E-state index < -0.39 is 0 Å². The van der Waals surface area contributed by atoms with Crippen LogP contribution in [0.3, 0.4) is 0 Å². The summed E-state index contributed by atoms with van der Waals surface area (Å²) < 4.78 is 0. The van der Waals surface area contributed by atoms with Gasteiger partial charge in [0.1, 0.15) is 0 Å². The molecular formula is C20H26N2O. The van der Waals surface area contributed by atoms with Crippen LogP contribution in [0, 0.1) is 6.92 Å². The molecule has 23 heavy (non-hydrogen) atoms. The second-order valence-electron chi connectivity index (χ2n) is 5.64. The second kappa shape index (κ2) is 8.37. The lowest BCUT2D eigenvalue weighted by molar-refractivity contribution is -0.118. The van der Waals surface area contributed by atoms with Gasteiger partial charge in [0.15, 0.2) is 0 Å². The Morgan fingerprint density at radius 3 is 2.22 bits per heavy atom. The predicted octanol–water partition coefficient (Wildman–Crippen LogP) is 4.26. The van der Waals surface area contributed by atoms with Crippen LogP contribution in [0.15, 0.2) is 54.6 Å². The van der Waals surface area contributed by atoms with Gasteiger partial charge in [-0.25, -0.2) is 0 Å². The molecule has 0 N–H and O–H groups in total. The van der Waals surface area contributed by atoms with Gasteiger partial charge in [-0.1, -0.05) is 30.3 Å². The predicted molar refractivity (Wildman–Crippen MR) is 98.2 cm³/mol. The largest absolute Gasteiger partial charge is 0.371 e. The molecule has 0 bridgehead atoms. The number of benzene rings is 2. The molecule has 0 saturated heterocycles. The molecule has 1 amide bonds. The monoisotopic (exact) mass is 310 g/mol. The highest BCUT2D eigenvalue weighted by Crippen LogP contribution is 2.18. The quantitative estimate of drug-likeness (QED) is 0.762. The molecule has 0 saturated carbocycles.